The van der Waals surface area contributed by atoms with Crippen LogP contribution in [0.3, 0.4) is 0 Å². The quantitative estimate of drug-likeness (QED) is 0.921. The Morgan fingerprint density at radius 2 is 2.17 bits per heavy atom. The predicted molar refractivity (Wildman–Crippen MR) is 91.4 cm³/mol. The number of carbonyl (C=O) groups is 1. The van der Waals surface area contributed by atoms with Crippen molar-refractivity contribution in [1.82, 2.24) is 15.2 Å². The number of thiazole rings is 1. The van der Waals surface area contributed by atoms with Gasteiger partial charge in [-0.1, -0.05) is 0 Å². The smallest absolute Gasteiger partial charge is 0.231 e. The monoisotopic (exact) mass is 345 g/mol. The summed E-state index contributed by atoms with van der Waals surface area (Å²) in [6.07, 6.45) is 1.37. The van der Waals surface area contributed by atoms with E-state index >= 15 is 0 Å². The van der Waals surface area contributed by atoms with Gasteiger partial charge < -0.3 is 19.7 Å². The highest BCUT2D eigenvalue weighted by Gasteiger charge is 2.18. The van der Waals surface area contributed by atoms with Gasteiger partial charge in [-0.25, -0.2) is 4.98 Å². The average molecular weight is 345 g/mol. The number of benzene rings is 1. The standard InChI is InChI=1S/C17H19N3O3S/c21-16(20-6-1-4-18-5-7-20)9-13-10-24-17(19-13)12-2-3-14-15(8-12)23-11-22-14/h2-3,8,10,18H,1,4-7,9,11H2. The highest BCUT2D eigenvalue weighted by Crippen LogP contribution is 2.36. The maximum Gasteiger partial charge on any atom is 0.231 e. The molecule has 2 aliphatic rings. The molecule has 1 fully saturated rings. The van der Waals surface area contributed by atoms with E-state index < -0.39 is 0 Å². The molecule has 0 bridgehead atoms. The molecule has 0 saturated carbocycles. The SMILES string of the molecule is O=C(Cc1csc(-c2ccc3c(c2)OCO3)n1)N1CCCNCC1. The number of ether oxygens (including phenoxy) is 2. The molecule has 1 N–H and O–H groups in total. The predicted octanol–water partition coefficient (Wildman–Crippen LogP) is 1.90. The number of aromatic nitrogens is 1. The first-order chi connectivity index (χ1) is 11.8. The van der Waals surface area contributed by atoms with Crippen molar-refractivity contribution in [1.29, 1.82) is 0 Å². The van der Waals surface area contributed by atoms with E-state index in [4.69, 9.17) is 9.47 Å². The average Bonchev–Trinajstić information content (AvgIpc) is 3.16. The summed E-state index contributed by atoms with van der Waals surface area (Å²) in [5.41, 5.74) is 1.82. The van der Waals surface area contributed by atoms with Crippen LogP contribution in [0.25, 0.3) is 10.6 Å². The van der Waals surface area contributed by atoms with Crippen molar-refractivity contribution in [3.05, 3.63) is 29.3 Å². The Hall–Kier alpha value is -2.12. The van der Waals surface area contributed by atoms with E-state index in [9.17, 15) is 4.79 Å². The van der Waals surface area contributed by atoms with Gasteiger partial charge in [-0.3, -0.25) is 4.79 Å². The van der Waals surface area contributed by atoms with Crippen molar-refractivity contribution in [3.8, 4) is 22.1 Å². The number of nitrogens with zero attached hydrogens (tertiary/aromatic N) is 2. The van der Waals surface area contributed by atoms with Gasteiger partial charge in [-0.05, 0) is 31.2 Å². The number of fused-ring (bicyclic) bond motifs is 1. The Morgan fingerprint density at radius 3 is 3.12 bits per heavy atom. The summed E-state index contributed by atoms with van der Waals surface area (Å²) in [5.74, 6) is 1.67. The molecule has 1 aromatic heterocycles. The summed E-state index contributed by atoms with van der Waals surface area (Å²) in [5, 5.41) is 6.18. The van der Waals surface area contributed by atoms with Gasteiger partial charge in [0.25, 0.3) is 0 Å². The first kappa shape index (κ1) is 15.4. The molecule has 0 radical (unpaired) electrons. The molecule has 2 aromatic rings. The lowest BCUT2D eigenvalue weighted by molar-refractivity contribution is -0.130. The molecule has 126 valence electrons. The summed E-state index contributed by atoms with van der Waals surface area (Å²) in [6.45, 7) is 3.71. The van der Waals surface area contributed by atoms with Gasteiger partial charge in [-0.2, -0.15) is 0 Å². The zero-order chi connectivity index (χ0) is 16.4. The lowest BCUT2D eigenvalue weighted by Crippen LogP contribution is -2.35. The highest BCUT2D eigenvalue weighted by molar-refractivity contribution is 7.13. The topological polar surface area (TPSA) is 63.7 Å². The largest absolute Gasteiger partial charge is 0.454 e. The molecule has 24 heavy (non-hydrogen) atoms. The molecule has 6 nitrogen and oxygen atoms in total. The van der Waals surface area contributed by atoms with E-state index in [0.717, 1.165) is 60.4 Å². The summed E-state index contributed by atoms with van der Waals surface area (Å²) in [4.78, 5) is 19.0. The molecular formula is C17H19N3O3S. The number of carbonyl (C=O) groups excluding carboxylic acids is 1. The van der Waals surface area contributed by atoms with Gasteiger partial charge in [0.05, 0.1) is 12.1 Å². The Kier molecular flexibility index (Phi) is 4.36. The van der Waals surface area contributed by atoms with Crippen LogP contribution >= 0.6 is 11.3 Å². The summed E-state index contributed by atoms with van der Waals surface area (Å²) in [6, 6.07) is 5.81. The first-order valence-electron chi connectivity index (χ1n) is 8.12. The second-order valence-electron chi connectivity index (χ2n) is 5.87. The van der Waals surface area contributed by atoms with E-state index in [1.54, 1.807) is 11.3 Å². The van der Waals surface area contributed by atoms with Gasteiger partial charge in [-0.15, -0.1) is 11.3 Å². The van der Waals surface area contributed by atoms with Gasteiger partial charge in [0.1, 0.15) is 5.01 Å². The Morgan fingerprint density at radius 1 is 1.25 bits per heavy atom. The Balaban J connectivity index is 1.45. The zero-order valence-electron chi connectivity index (χ0n) is 13.3. The molecule has 4 rings (SSSR count). The number of amides is 1. The van der Waals surface area contributed by atoms with Gasteiger partial charge in [0.15, 0.2) is 11.5 Å². The van der Waals surface area contributed by atoms with E-state index in [1.165, 1.54) is 0 Å². The van der Waals surface area contributed by atoms with Gasteiger partial charge in [0.2, 0.25) is 12.7 Å². The van der Waals surface area contributed by atoms with Gasteiger partial charge >= 0.3 is 0 Å². The molecule has 0 spiro atoms. The fourth-order valence-corrected chi connectivity index (χ4v) is 3.73. The second-order valence-corrected chi connectivity index (χ2v) is 6.73. The molecule has 7 heteroatoms. The third-order valence-corrected chi connectivity index (χ3v) is 5.14. The molecule has 0 atom stereocenters. The minimum Gasteiger partial charge on any atom is -0.454 e. The Labute approximate surface area is 144 Å². The van der Waals surface area contributed by atoms with E-state index in [1.807, 2.05) is 28.5 Å². The zero-order valence-corrected chi connectivity index (χ0v) is 14.1. The van der Waals surface area contributed by atoms with Crippen molar-refractivity contribution in [3.63, 3.8) is 0 Å². The Bertz CT molecular complexity index is 738. The summed E-state index contributed by atoms with van der Waals surface area (Å²) < 4.78 is 10.7. The summed E-state index contributed by atoms with van der Waals surface area (Å²) >= 11 is 1.55. The first-order valence-corrected chi connectivity index (χ1v) is 9.00. The molecule has 0 aliphatic carbocycles. The third-order valence-electron chi connectivity index (χ3n) is 4.20. The van der Waals surface area contributed by atoms with Gasteiger partial charge in [0, 0.05) is 30.6 Å². The molecule has 0 unspecified atom stereocenters. The lowest BCUT2D eigenvalue weighted by atomic mass is 10.2. The molecule has 3 heterocycles. The van der Waals surface area contributed by atoms with Crippen molar-refractivity contribution in [2.45, 2.75) is 12.8 Å². The molecular weight excluding hydrogens is 326 g/mol. The van der Waals surface area contributed by atoms with Crippen molar-refractivity contribution < 1.29 is 14.3 Å². The van der Waals surface area contributed by atoms with Crippen molar-refractivity contribution >= 4 is 17.2 Å². The maximum absolute atomic E-state index is 12.4. The molecule has 2 aliphatic heterocycles. The van der Waals surface area contributed by atoms with E-state index in [0.29, 0.717) is 6.42 Å². The van der Waals surface area contributed by atoms with E-state index in [2.05, 4.69) is 10.3 Å². The second kappa shape index (κ2) is 6.78. The molecule has 1 saturated heterocycles. The number of nitrogens with one attached hydrogen (secondary N) is 1. The third kappa shape index (κ3) is 3.22. The minimum atomic E-state index is 0.154. The molecule has 1 aromatic carbocycles. The van der Waals surface area contributed by atoms with Crippen LogP contribution < -0.4 is 14.8 Å². The number of hydrogen-bond donors (Lipinski definition) is 1. The van der Waals surface area contributed by atoms with Crippen LogP contribution in [0.15, 0.2) is 23.6 Å². The summed E-state index contributed by atoms with van der Waals surface area (Å²) in [7, 11) is 0. The lowest BCUT2D eigenvalue weighted by Gasteiger charge is -2.19. The van der Waals surface area contributed by atoms with Crippen LogP contribution in [0.1, 0.15) is 12.1 Å². The van der Waals surface area contributed by atoms with Crippen LogP contribution in [-0.2, 0) is 11.2 Å². The van der Waals surface area contributed by atoms with Crippen LogP contribution in [-0.4, -0.2) is 48.8 Å². The fraction of sp³-hybridized carbons (Fsp3) is 0.412. The van der Waals surface area contributed by atoms with Crippen molar-refractivity contribution in [2.24, 2.45) is 0 Å². The number of rotatable bonds is 3. The highest BCUT2D eigenvalue weighted by atomic mass is 32.1. The normalized spacial score (nSPS) is 16.9. The van der Waals surface area contributed by atoms with Crippen LogP contribution in [0.5, 0.6) is 11.5 Å². The van der Waals surface area contributed by atoms with E-state index in [-0.39, 0.29) is 12.7 Å². The van der Waals surface area contributed by atoms with Crippen LogP contribution in [0, 0.1) is 0 Å². The van der Waals surface area contributed by atoms with Crippen molar-refractivity contribution in [2.75, 3.05) is 33.0 Å². The number of hydrogen-bond acceptors (Lipinski definition) is 6. The van der Waals surface area contributed by atoms with Crippen LogP contribution in [0.4, 0.5) is 0 Å². The fourth-order valence-electron chi connectivity index (χ4n) is 2.91. The minimum absolute atomic E-state index is 0.154. The maximum atomic E-state index is 12.4. The van der Waals surface area contributed by atoms with Crippen LogP contribution in [0.2, 0.25) is 0 Å². The molecule has 1 amide bonds.